The van der Waals surface area contributed by atoms with E-state index in [2.05, 4.69) is 4.98 Å². The Labute approximate surface area is 137 Å². The van der Waals surface area contributed by atoms with Crippen molar-refractivity contribution < 1.29 is 9.53 Å². The molecule has 7 heteroatoms. The zero-order valence-corrected chi connectivity index (χ0v) is 14.4. The highest BCUT2D eigenvalue weighted by molar-refractivity contribution is 8.00. The molecule has 1 heterocycles. The Kier molecular flexibility index (Phi) is 5.13. The minimum atomic E-state index is -0.460. The first-order chi connectivity index (χ1) is 10.3. The Morgan fingerprint density at radius 1 is 1.36 bits per heavy atom. The van der Waals surface area contributed by atoms with Crippen LogP contribution in [0.1, 0.15) is 26.8 Å². The van der Waals surface area contributed by atoms with Gasteiger partial charge in [0.2, 0.25) is 0 Å². The lowest BCUT2D eigenvalue weighted by Gasteiger charge is -2.17. The number of methoxy groups -OCH3 is 1. The highest BCUT2D eigenvalue weighted by Gasteiger charge is 2.21. The number of halogens is 1. The zero-order valence-electron chi connectivity index (χ0n) is 12.8. The Morgan fingerprint density at radius 2 is 2.05 bits per heavy atom. The van der Waals surface area contributed by atoms with Gasteiger partial charge in [-0.2, -0.15) is 0 Å². The van der Waals surface area contributed by atoms with E-state index in [4.69, 9.17) is 16.3 Å². The van der Waals surface area contributed by atoms with Gasteiger partial charge >= 0.3 is 5.97 Å². The van der Waals surface area contributed by atoms with Crippen molar-refractivity contribution >= 4 is 40.2 Å². The fourth-order valence-electron chi connectivity index (χ4n) is 2.06. The average molecular weight is 341 g/mol. The van der Waals surface area contributed by atoms with Crippen LogP contribution in [0.2, 0.25) is 5.02 Å². The van der Waals surface area contributed by atoms with Gasteiger partial charge in [-0.15, -0.1) is 0 Å². The van der Waals surface area contributed by atoms with Crippen molar-refractivity contribution in [2.24, 2.45) is 0 Å². The molecule has 0 aliphatic carbocycles. The van der Waals surface area contributed by atoms with Crippen molar-refractivity contribution in [1.82, 2.24) is 9.55 Å². The predicted octanol–water partition coefficient (Wildman–Crippen LogP) is 3.28. The maximum absolute atomic E-state index is 12.7. The third kappa shape index (κ3) is 3.28. The third-order valence-electron chi connectivity index (χ3n) is 3.16. The summed E-state index contributed by atoms with van der Waals surface area (Å²) in [6.07, 6.45) is 0. The summed E-state index contributed by atoms with van der Waals surface area (Å²) >= 11 is 7.17. The largest absolute Gasteiger partial charge is 0.468 e. The zero-order chi connectivity index (χ0) is 16.4. The Balaban J connectivity index is 2.63. The monoisotopic (exact) mass is 340 g/mol. The molecule has 22 heavy (non-hydrogen) atoms. The molecule has 0 fully saturated rings. The van der Waals surface area contributed by atoms with Crippen molar-refractivity contribution in [3.8, 4) is 0 Å². The number of carbonyl (C=O) groups excluding carboxylic acids is 1. The van der Waals surface area contributed by atoms with E-state index in [1.807, 2.05) is 13.8 Å². The third-order valence-corrected chi connectivity index (χ3v) is 4.44. The van der Waals surface area contributed by atoms with Gasteiger partial charge in [0.1, 0.15) is 5.25 Å². The summed E-state index contributed by atoms with van der Waals surface area (Å²) in [4.78, 5) is 28.8. The molecule has 118 valence electrons. The molecule has 1 atom stereocenters. The van der Waals surface area contributed by atoms with Crippen LogP contribution in [0.5, 0.6) is 0 Å². The van der Waals surface area contributed by atoms with Gasteiger partial charge in [0, 0.05) is 11.1 Å². The Bertz CT molecular complexity index is 773. The lowest BCUT2D eigenvalue weighted by molar-refractivity contribution is -0.139. The van der Waals surface area contributed by atoms with E-state index in [9.17, 15) is 9.59 Å². The van der Waals surface area contributed by atoms with E-state index in [-0.39, 0.29) is 17.6 Å². The summed E-state index contributed by atoms with van der Waals surface area (Å²) in [6.45, 7) is 5.52. The molecular weight excluding hydrogens is 324 g/mol. The van der Waals surface area contributed by atoms with E-state index in [1.165, 1.54) is 18.9 Å². The number of thioether (sulfide) groups is 1. The quantitative estimate of drug-likeness (QED) is 0.485. The molecule has 0 spiro atoms. The maximum atomic E-state index is 12.7. The fraction of sp³-hybridized carbons (Fsp3) is 0.400. The minimum absolute atomic E-state index is 0.0765. The molecular formula is C15H17ClN2O3S. The van der Waals surface area contributed by atoms with Gasteiger partial charge < -0.3 is 4.74 Å². The number of rotatable bonds is 4. The standard InChI is InChI=1S/C15H17ClN2O3S/c1-8(2)18-13(19)11-6-5-10(16)7-12(11)17-15(18)22-9(3)14(20)21-4/h5-9H,1-4H3/t9-/m1/s1. The average Bonchev–Trinajstić information content (AvgIpc) is 2.45. The first-order valence-electron chi connectivity index (χ1n) is 6.81. The van der Waals surface area contributed by atoms with Gasteiger partial charge in [0.05, 0.1) is 18.0 Å². The van der Waals surface area contributed by atoms with E-state index in [1.54, 1.807) is 29.7 Å². The summed E-state index contributed by atoms with van der Waals surface area (Å²) in [6, 6.07) is 4.91. The van der Waals surface area contributed by atoms with Gasteiger partial charge in [0.15, 0.2) is 5.16 Å². The lowest BCUT2D eigenvalue weighted by Crippen LogP contribution is -2.26. The number of hydrogen-bond acceptors (Lipinski definition) is 5. The van der Waals surface area contributed by atoms with Gasteiger partial charge in [-0.3, -0.25) is 14.2 Å². The predicted molar refractivity (Wildman–Crippen MR) is 88.7 cm³/mol. The molecule has 0 aliphatic rings. The SMILES string of the molecule is COC(=O)[C@@H](C)Sc1nc2cc(Cl)ccc2c(=O)n1C(C)C. The van der Waals surface area contributed by atoms with Gasteiger partial charge in [-0.05, 0) is 39.0 Å². The van der Waals surface area contributed by atoms with Crippen molar-refractivity contribution in [3.63, 3.8) is 0 Å². The fourth-order valence-corrected chi connectivity index (χ4v) is 3.30. The molecule has 0 bridgehead atoms. The maximum Gasteiger partial charge on any atom is 0.318 e. The Hall–Kier alpha value is -1.53. The topological polar surface area (TPSA) is 61.2 Å². The molecule has 0 saturated carbocycles. The number of hydrogen-bond donors (Lipinski definition) is 0. The molecule has 2 aromatic rings. The minimum Gasteiger partial charge on any atom is -0.468 e. The van der Waals surface area contributed by atoms with Crippen molar-refractivity contribution in [2.75, 3.05) is 7.11 Å². The summed E-state index contributed by atoms with van der Waals surface area (Å²) in [5, 5.41) is 1.04. The molecule has 0 N–H and O–H groups in total. The molecule has 1 aromatic carbocycles. The van der Waals surface area contributed by atoms with Gasteiger partial charge in [-0.1, -0.05) is 23.4 Å². The normalized spacial score (nSPS) is 12.6. The molecule has 0 saturated heterocycles. The van der Waals surface area contributed by atoms with Crippen LogP contribution in [0.4, 0.5) is 0 Å². The van der Waals surface area contributed by atoms with E-state index in [0.29, 0.717) is 21.1 Å². The second-order valence-electron chi connectivity index (χ2n) is 5.11. The number of nitrogens with zero attached hydrogens (tertiary/aromatic N) is 2. The smallest absolute Gasteiger partial charge is 0.318 e. The first-order valence-corrected chi connectivity index (χ1v) is 8.07. The van der Waals surface area contributed by atoms with Crippen molar-refractivity contribution in [2.45, 2.75) is 37.2 Å². The number of esters is 1. The van der Waals surface area contributed by atoms with Crippen LogP contribution >= 0.6 is 23.4 Å². The number of fused-ring (bicyclic) bond motifs is 1. The van der Waals surface area contributed by atoms with Crippen LogP contribution in [0, 0.1) is 0 Å². The lowest BCUT2D eigenvalue weighted by atomic mass is 10.2. The first kappa shape index (κ1) is 16.8. The number of ether oxygens (including phenoxy) is 1. The number of benzene rings is 1. The molecule has 0 amide bonds. The van der Waals surface area contributed by atoms with Crippen LogP contribution in [0.25, 0.3) is 10.9 Å². The molecule has 5 nitrogen and oxygen atoms in total. The van der Waals surface area contributed by atoms with Crippen LogP contribution in [-0.2, 0) is 9.53 Å². The van der Waals surface area contributed by atoms with Crippen LogP contribution in [0.3, 0.4) is 0 Å². The summed E-state index contributed by atoms with van der Waals surface area (Å²) in [5.41, 5.74) is 0.380. The van der Waals surface area contributed by atoms with Crippen LogP contribution in [-0.4, -0.2) is 27.9 Å². The van der Waals surface area contributed by atoms with E-state index >= 15 is 0 Å². The van der Waals surface area contributed by atoms with Crippen LogP contribution in [0.15, 0.2) is 28.2 Å². The number of aromatic nitrogens is 2. The number of carbonyl (C=O) groups is 1. The second kappa shape index (κ2) is 6.71. The van der Waals surface area contributed by atoms with E-state index < -0.39 is 5.25 Å². The summed E-state index contributed by atoms with van der Waals surface area (Å²) < 4.78 is 6.31. The highest BCUT2D eigenvalue weighted by Crippen LogP contribution is 2.26. The molecule has 0 radical (unpaired) electrons. The molecule has 0 unspecified atom stereocenters. The van der Waals surface area contributed by atoms with Gasteiger partial charge in [0.25, 0.3) is 5.56 Å². The summed E-state index contributed by atoms with van der Waals surface area (Å²) in [5.74, 6) is -0.360. The van der Waals surface area contributed by atoms with Crippen molar-refractivity contribution in [3.05, 3.63) is 33.6 Å². The Morgan fingerprint density at radius 3 is 2.64 bits per heavy atom. The molecule has 0 aliphatic heterocycles. The second-order valence-corrected chi connectivity index (χ2v) is 6.85. The molecule has 1 aromatic heterocycles. The molecule has 2 rings (SSSR count). The van der Waals surface area contributed by atoms with Gasteiger partial charge in [-0.25, -0.2) is 4.98 Å². The van der Waals surface area contributed by atoms with Crippen molar-refractivity contribution in [1.29, 1.82) is 0 Å². The van der Waals surface area contributed by atoms with Crippen LogP contribution < -0.4 is 5.56 Å². The highest BCUT2D eigenvalue weighted by atomic mass is 35.5. The van der Waals surface area contributed by atoms with E-state index in [0.717, 1.165) is 0 Å². The summed E-state index contributed by atoms with van der Waals surface area (Å²) in [7, 11) is 1.34.